The lowest BCUT2D eigenvalue weighted by atomic mass is 10.1. The van der Waals surface area contributed by atoms with Crippen molar-refractivity contribution in [2.45, 2.75) is 13.1 Å². The number of carbonyl (C=O) groups is 2. The van der Waals surface area contributed by atoms with Gasteiger partial charge in [0.15, 0.2) is 0 Å². The lowest BCUT2D eigenvalue weighted by Gasteiger charge is -2.26. The first-order chi connectivity index (χ1) is 14.1. The summed E-state index contributed by atoms with van der Waals surface area (Å²) in [5.74, 6) is -0.0141. The highest BCUT2D eigenvalue weighted by Gasteiger charge is 2.38. The van der Waals surface area contributed by atoms with E-state index in [1.54, 1.807) is 54.3 Å². The quantitative estimate of drug-likeness (QED) is 0.621. The van der Waals surface area contributed by atoms with Crippen LogP contribution in [0.15, 0.2) is 66.9 Å². The summed E-state index contributed by atoms with van der Waals surface area (Å²) in [7, 11) is 0. The fraction of sp³-hybridized carbons (Fsp3) is 0.136. The van der Waals surface area contributed by atoms with Crippen molar-refractivity contribution >= 4 is 35.0 Å². The molecule has 2 aromatic carbocycles. The lowest BCUT2D eigenvalue weighted by Crippen LogP contribution is -2.32. The van der Waals surface area contributed by atoms with E-state index in [2.05, 4.69) is 10.3 Å². The molecule has 29 heavy (non-hydrogen) atoms. The maximum Gasteiger partial charge on any atom is 0.338 e. The minimum absolute atomic E-state index is 0.143. The van der Waals surface area contributed by atoms with Crippen LogP contribution in [0.1, 0.15) is 39.4 Å². The highest BCUT2D eigenvalue weighted by Crippen LogP contribution is 2.37. The number of carbonyl (C=O) groups excluding carboxylic acids is 2. The number of nitrogens with zero attached hydrogens (tertiary/aromatic N) is 2. The van der Waals surface area contributed by atoms with Crippen LogP contribution in [0, 0.1) is 0 Å². The standard InChI is InChI=1S/C22H18ClN3O3/c1-2-29-22(28)14-7-10-16(11-8-14)25-20-17-5-3-4-6-18(17)21(27)26(20)19-12-9-15(23)13-24-19/h3-13,20,25H,2H2,1H3/t20-/m0/s1. The van der Waals surface area contributed by atoms with Gasteiger partial charge in [0, 0.05) is 23.0 Å². The van der Waals surface area contributed by atoms with E-state index in [0.29, 0.717) is 28.6 Å². The van der Waals surface area contributed by atoms with Gasteiger partial charge in [0.05, 0.1) is 17.2 Å². The van der Waals surface area contributed by atoms with Crippen LogP contribution in [-0.4, -0.2) is 23.5 Å². The van der Waals surface area contributed by atoms with Crippen LogP contribution in [0.3, 0.4) is 0 Å². The maximum atomic E-state index is 13.0. The molecule has 1 aliphatic rings. The Balaban J connectivity index is 1.66. The van der Waals surface area contributed by atoms with Crippen molar-refractivity contribution in [2.24, 2.45) is 0 Å². The van der Waals surface area contributed by atoms with E-state index in [4.69, 9.17) is 16.3 Å². The molecule has 1 N–H and O–H groups in total. The zero-order valence-corrected chi connectivity index (χ0v) is 16.4. The molecule has 0 radical (unpaired) electrons. The Labute approximate surface area is 173 Å². The molecular formula is C22H18ClN3O3. The molecule has 2 heterocycles. The molecule has 1 atom stereocenters. The van der Waals surface area contributed by atoms with E-state index in [1.165, 1.54) is 6.20 Å². The number of pyridine rings is 1. The molecule has 4 rings (SSSR count). The summed E-state index contributed by atoms with van der Waals surface area (Å²) in [6, 6.07) is 17.8. The van der Waals surface area contributed by atoms with Crippen molar-refractivity contribution in [1.29, 1.82) is 0 Å². The third-order valence-electron chi connectivity index (χ3n) is 4.62. The Hall–Kier alpha value is -3.38. The molecule has 7 heteroatoms. The smallest absolute Gasteiger partial charge is 0.338 e. The molecular weight excluding hydrogens is 390 g/mol. The van der Waals surface area contributed by atoms with Crippen molar-refractivity contribution < 1.29 is 14.3 Å². The summed E-state index contributed by atoms with van der Waals surface area (Å²) < 4.78 is 5.02. The predicted molar refractivity (Wildman–Crippen MR) is 111 cm³/mol. The minimum Gasteiger partial charge on any atom is -0.462 e. The number of amides is 1. The summed E-state index contributed by atoms with van der Waals surface area (Å²) in [6.07, 6.45) is 1.07. The highest BCUT2D eigenvalue weighted by atomic mass is 35.5. The number of aromatic nitrogens is 1. The van der Waals surface area contributed by atoms with E-state index in [9.17, 15) is 9.59 Å². The summed E-state index contributed by atoms with van der Waals surface area (Å²) in [6.45, 7) is 2.09. The van der Waals surface area contributed by atoms with E-state index >= 15 is 0 Å². The number of halogens is 1. The molecule has 1 aliphatic heterocycles. The van der Waals surface area contributed by atoms with Crippen LogP contribution in [0.4, 0.5) is 11.5 Å². The summed E-state index contributed by atoms with van der Waals surface area (Å²) in [4.78, 5) is 30.8. The second-order valence-electron chi connectivity index (χ2n) is 6.44. The monoisotopic (exact) mass is 407 g/mol. The second-order valence-corrected chi connectivity index (χ2v) is 6.88. The summed E-state index contributed by atoms with van der Waals surface area (Å²) >= 11 is 5.95. The number of benzene rings is 2. The Kier molecular flexibility index (Phi) is 5.18. The minimum atomic E-state index is -0.444. The first-order valence-electron chi connectivity index (χ1n) is 9.16. The van der Waals surface area contributed by atoms with E-state index in [-0.39, 0.29) is 11.9 Å². The first kappa shape index (κ1) is 19.0. The normalized spacial score (nSPS) is 15.2. The van der Waals surface area contributed by atoms with Gasteiger partial charge in [-0.2, -0.15) is 0 Å². The van der Waals surface area contributed by atoms with Gasteiger partial charge in [-0.25, -0.2) is 9.78 Å². The van der Waals surface area contributed by atoms with Crippen molar-refractivity contribution in [3.63, 3.8) is 0 Å². The van der Waals surface area contributed by atoms with Gasteiger partial charge in [-0.3, -0.25) is 9.69 Å². The van der Waals surface area contributed by atoms with Gasteiger partial charge in [0.2, 0.25) is 0 Å². The molecule has 3 aromatic rings. The number of rotatable bonds is 5. The molecule has 0 unspecified atom stereocenters. The van der Waals surface area contributed by atoms with Gasteiger partial charge in [0.1, 0.15) is 12.0 Å². The number of hydrogen-bond donors (Lipinski definition) is 1. The predicted octanol–water partition coefficient (Wildman–Crippen LogP) is 4.68. The fourth-order valence-corrected chi connectivity index (χ4v) is 3.39. The SMILES string of the molecule is CCOC(=O)c1ccc(N[C@@H]2c3ccccc3C(=O)N2c2ccc(Cl)cn2)cc1. The Morgan fingerprint density at radius 3 is 2.59 bits per heavy atom. The van der Waals surface area contributed by atoms with E-state index in [0.717, 1.165) is 11.3 Å². The maximum absolute atomic E-state index is 13.0. The van der Waals surface area contributed by atoms with Gasteiger partial charge in [-0.15, -0.1) is 0 Å². The van der Waals surface area contributed by atoms with Gasteiger partial charge in [0.25, 0.3) is 5.91 Å². The molecule has 0 fully saturated rings. The third-order valence-corrected chi connectivity index (χ3v) is 4.84. The molecule has 0 bridgehead atoms. The van der Waals surface area contributed by atoms with E-state index < -0.39 is 6.17 Å². The van der Waals surface area contributed by atoms with Gasteiger partial charge >= 0.3 is 5.97 Å². The van der Waals surface area contributed by atoms with E-state index in [1.807, 2.05) is 18.2 Å². The Morgan fingerprint density at radius 2 is 1.90 bits per heavy atom. The second kappa shape index (κ2) is 7.93. The largest absolute Gasteiger partial charge is 0.462 e. The number of hydrogen-bond acceptors (Lipinski definition) is 5. The number of esters is 1. The molecule has 1 aromatic heterocycles. The van der Waals surface area contributed by atoms with Gasteiger partial charge < -0.3 is 10.1 Å². The molecule has 6 nitrogen and oxygen atoms in total. The van der Waals surface area contributed by atoms with Crippen LogP contribution in [0.25, 0.3) is 0 Å². The van der Waals surface area contributed by atoms with Crippen LogP contribution >= 0.6 is 11.6 Å². The molecule has 1 amide bonds. The number of fused-ring (bicyclic) bond motifs is 1. The zero-order valence-electron chi connectivity index (χ0n) is 15.6. The Bertz CT molecular complexity index is 1050. The van der Waals surface area contributed by atoms with Crippen molar-refractivity contribution in [1.82, 2.24) is 4.98 Å². The van der Waals surface area contributed by atoms with Crippen molar-refractivity contribution in [3.8, 4) is 0 Å². The van der Waals surface area contributed by atoms with Crippen molar-refractivity contribution in [3.05, 3.63) is 88.6 Å². The summed E-state index contributed by atoms with van der Waals surface area (Å²) in [5.41, 5.74) is 2.69. The molecule has 0 spiro atoms. The average Bonchev–Trinajstić information content (AvgIpc) is 3.01. The zero-order chi connectivity index (χ0) is 20.4. The average molecular weight is 408 g/mol. The van der Waals surface area contributed by atoms with Gasteiger partial charge in [-0.1, -0.05) is 29.8 Å². The third kappa shape index (κ3) is 3.67. The van der Waals surface area contributed by atoms with Crippen LogP contribution in [-0.2, 0) is 4.74 Å². The fourth-order valence-electron chi connectivity index (χ4n) is 3.28. The number of nitrogens with one attached hydrogen (secondary N) is 1. The Morgan fingerprint density at radius 1 is 1.14 bits per heavy atom. The number of ether oxygens (including phenoxy) is 1. The topological polar surface area (TPSA) is 71.5 Å². The highest BCUT2D eigenvalue weighted by molar-refractivity contribution is 6.30. The van der Waals surface area contributed by atoms with Gasteiger partial charge in [-0.05, 0) is 49.4 Å². The molecule has 0 saturated heterocycles. The van der Waals surface area contributed by atoms with Crippen molar-refractivity contribution in [2.75, 3.05) is 16.8 Å². The molecule has 0 aliphatic carbocycles. The van der Waals surface area contributed by atoms with Crippen LogP contribution in [0.2, 0.25) is 5.02 Å². The molecule has 0 saturated carbocycles. The van der Waals surface area contributed by atoms with Crippen LogP contribution in [0.5, 0.6) is 0 Å². The lowest BCUT2D eigenvalue weighted by molar-refractivity contribution is 0.0526. The molecule has 146 valence electrons. The summed E-state index contributed by atoms with van der Waals surface area (Å²) in [5, 5.41) is 3.87. The first-order valence-corrected chi connectivity index (χ1v) is 9.54. The number of anilines is 2. The van der Waals surface area contributed by atoms with Crippen LogP contribution < -0.4 is 10.2 Å².